The third-order valence-electron chi connectivity index (χ3n) is 2.98. The first kappa shape index (κ1) is 7.23. The van der Waals surface area contributed by atoms with Crippen molar-refractivity contribution in [1.29, 1.82) is 0 Å². The fourth-order valence-electron chi connectivity index (χ4n) is 2.22. The third kappa shape index (κ3) is 0.697. The molecule has 0 fully saturated rings. The highest BCUT2D eigenvalue weighted by Gasteiger charge is 2.52. The molecule has 3 heterocycles. The van der Waals surface area contributed by atoms with Crippen LogP contribution < -0.4 is 5.32 Å². The van der Waals surface area contributed by atoms with E-state index in [1.165, 1.54) is 12.0 Å². The summed E-state index contributed by atoms with van der Waals surface area (Å²) in [6.45, 7) is 0. The second-order valence-corrected chi connectivity index (χ2v) is 3.72. The number of aromatic nitrogens is 2. The molecule has 1 atom stereocenters. The lowest BCUT2D eigenvalue weighted by molar-refractivity contribution is 0.593. The minimum absolute atomic E-state index is 0.178. The summed E-state index contributed by atoms with van der Waals surface area (Å²) in [6, 6.07) is 0. The van der Waals surface area contributed by atoms with E-state index in [2.05, 4.69) is 21.4 Å². The van der Waals surface area contributed by atoms with Crippen LogP contribution in [0.15, 0.2) is 41.4 Å². The molecule has 2 aliphatic rings. The standard InChI is InChI=1S/C11H7N3O/c1-2-4-14-11(3-1)7-5-12-10-9(8(7)11)15-6-13-10/h1-6,14H. The zero-order chi connectivity index (χ0) is 9.88. The van der Waals surface area contributed by atoms with Crippen molar-refractivity contribution in [1.82, 2.24) is 15.3 Å². The lowest BCUT2D eigenvalue weighted by atomic mass is 10.1. The fourth-order valence-corrected chi connectivity index (χ4v) is 2.22. The molecule has 0 amide bonds. The number of nitrogens with one attached hydrogen (secondary N) is 1. The van der Waals surface area contributed by atoms with Gasteiger partial charge in [-0.2, -0.15) is 4.98 Å². The topological polar surface area (TPSA) is 51.0 Å². The van der Waals surface area contributed by atoms with Crippen LogP contribution in [-0.4, -0.2) is 9.97 Å². The summed E-state index contributed by atoms with van der Waals surface area (Å²) >= 11 is 0. The molecule has 4 rings (SSSR count). The van der Waals surface area contributed by atoms with Gasteiger partial charge in [0, 0.05) is 17.3 Å². The number of pyridine rings is 1. The highest BCUT2D eigenvalue weighted by atomic mass is 16.3. The van der Waals surface area contributed by atoms with Crippen LogP contribution in [0.2, 0.25) is 0 Å². The summed E-state index contributed by atoms with van der Waals surface area (Å²) in [5.41, 5.74) is 3.62. The molecule has 1 unspecified atom stereocenters. The van der Waals surface area contributed by atoms with E-state index in [1.54, 1.807) is 0 Å². The van der Waals surface area contributed by atoms with E-state index >= 15 is 0 Å². The average Bonchev–Trinajstić information content (AvgIpc) is 2.72. The zero-order valence-corrected chi connectivity index (χ0v) is 7.77. The summed E-state index contributed by atoms with van der Waals surface area (Å²) in [7, 11) is 0. The number of allylic oxidation sites excluding steroid dienone is 2. The van der Waals surface area contributed by atoms with Gasteiger partial charge in [-0.25, -0.2) is 4.98 Å². The van der Waals surface area contributed by atoms with Crippen LogP contribution in [0, 0.1) is 0 Å². The molecule has 4 heteroatoms. The normalized spacial score (nSPS) is 25.6. The smallest absolute Gasteiger partial charge is 0.198 e. The van der Waals surface area contributed by atoms with E-state index in [4.69, 9.17) is 4.42 Å². The molecule has 1 spiro atoms. The Morgan fingerprint density at radius 1 is 1.27 bits per heavy atom. The zero-order valence-electron chi connectivity index (χ0n) is 7.77. The summed E-state index contributed by atoms with van der Waals surface area (Å²) in [6.07, 6.45) is 11.3. The van der Waals surface area contributed by atoms with Crippen molar-refractivity contribution in [2.75, 3.05) is 0 Å². The second kappa shape index (κ2) is 2.11. The van der Waals surface area contributed by atoms with Crippen molar-refractivity contribution in [2.24, 2.45) is 0 Å². The summed E-state index contributed by atoms with van der Waals surface area (Å²) in [4.78, 5) is 8.28. The Kier molecular flexibility index (Phi) is 1.02. The molecule has 4 nitrogen and oxygen atoms in total. The van der Waals surface area contributed by atoms with Crippen molar-refractivity contribution in [2.45, 2.75) is 5.54 Å². The first-order chi connectivity index (χ1) is 7.42. The quantitative estimate of drug-likeness (QED) is 0.694. The molecule has 1 aliphatic carbocycles. The van der Waals surface area contributed by atoms with Crippen LogP contribution in [0.5, 0.6) is 0 Å². The predicted octanol–water partition coefficient (Wildman–Crippen LogP) is 1.45. The average molecular weight is 197 g/mol. The van der Waals surface area contributed by atoms with Crippen molar-refractivity contribution < 1.29 is 4.42 Å². The molecular formula is C11H7N3O. The van der Waals surface area contributed by atoms with E-state index < -0.39 is 0 Å². The number of oxazole rings is 1. The van der Waals surface area contributed by atoms with E-state index in [0.29, 0.717) is 5.65 Å². The molecule has 0 saturated carbocycles. The van der Waals surface area contributed by atoms with E-state index in [-0.39, 0.29) is 5.54 Å². The van der Waals surface area contributed by atoms with Gasteiger partial charge in [0.25, 0.3) is 0 Å². The number of rotatable bonds is 0. The number of hydrogen-bond acceptors (Lipinski definition) is 4. The molecular weight excluding hydrogens is 190 g/mol. The Hall–Kier alpha value is -2.10. The maximum Gasteiger partial charge on any atom is 0.198 e. The highest BCUT2D eigenvalue weighted by molar-refractivity contribution is 5.85. The van der Waals surface area contributed by atoms with Gasteiger partial charge in [0.15, 0.2) is 17.6 Å². The first-order valence-electron chi connectivity index (χ1n) is 4.77. The lowest BCUT2D eigenvalue weighted by Gasteiger charge is -2.13. The Morgan fingerprint density at radius 3 is 3.13 bits per heavy atom. The molecule has 0 saturated heterocycles. The molecule has 1 N–H and O–H groups in total. The molecule has 15 heavy (non-hydrogen) atoms. The van der Waals surface area contributed by atoms with Gasteiger partial charge in [0.05, 0.1) is 0 Å². The highest BCUT2D eigenvalue weighted by Crippen LogP contribution is 2.52. The van der Waals surface area contributed by atoms with Crippen LogP contribution in [-0.2, 0) is 5.54 Å². The van der Waals surface area contributed by atoms with Crippen molar-refractivity contribution >= 4 is 11.2 Å². The van der Waals surface area contributed by atoms with Gasteiger partial charge in [-0.1, -0.05) is 6.08 Å². The molecule has 0 bridgehead atoms. The number of dihydropyridines is 1. The van der Waals surface area contributed by atoms with Crippen LogP contribution >= 0.6 is 0 Å². The van der Waals surface area contributed by atoms with E-state index in [0.717, 1.165) is 11.1 Å². The predicted molar refractivity (Wildman–Crippen MR) is 54.0 cm³/mol. The number of nitrogens with zero attached hydrogens (tertiary/aromatic N) is 2. The van der Waals surface area contributed by atoms with Crippen molar-refractivity contribution in [3.63, 3.8) is 0 Å². The van der Waals surface area contributed by atoms with Crippen LogP contribution in [0.1, 0.15) is 11.1 Å². The summed E-state index contributed by atoms with van der Waals surface area (Å²) < 4.78 is 5.36. The van der Waals surface area contributed by atoms with Gasteiger partial charge in [-0.3, -0.25) is 0 Å². The lowest BCUT2D eigenvalue weighted by Crippen LogP contribution is -2.24. The largest absolute Gasteiger partial charge is 0.441 e. The minimum atomic E-state index is -0.178. The first-order valence-corrected chi connectivity index (χ1v) is 4.77. The van der Waals surface area contributed by atoms with Gasteiger partial charge in [-0.05, 0) is 18.4 Å². The van der Waals surface area contributed by atoms with Crippen LogP contribution in [0.4, 0.5) is 0 Å². The van der Waals surface area contributed by atoms with Gasteiger partial charge in [0.1, 0.15) is 5.54 Å². The Bertz CT molecular complexity index is 626. The van der Waals surface area contributed by atoms with Gasteiger partial charge in [-0.15, -0.1) is 0 Å². The fraction of sp³-hybridized carbons (Fsp3) is 0.0909. The van der Waals surface area contributed by atoms with Gasteiger partial charge in [0.2, 0.25) is 0 Å². The second-order valence-electron chi connectivity index (χ2n) is 3.72. The number of hydrogen-bond donors (Lipinski definition) is 1. The van der Waals surface area contributed by atoms with Gasteiger partial charge < -0.3 is 9.73 Å². The van der Waals surface area contributed by atoms with Crippen LogP contribution in [0.25, 0.3) is 11.2 Å². The molecule has 0 aromatic carbocycles. The van der Waals surface area contributed by atoms with E-state index in [9.17, 15) is 0 Å². The van der Waals surface area contributed by atoms with Crippen LogP contribution in [0.3, 0.4) is 0 Å². The molecule has 1 aliphatic heterocycles. The summed E-state index contributed by atoms with van der Waals surface area (Å²) in [5.74, 6) is 0. The van der Waals surface area contributed by atoms with Crippen molar-refractivity contribution in [3.05, 3.63) is 48.1 Å². The maximum absolute atomic E-state index is 5.36. The van der Waals surface area contributed by atoms with Crippen molar-refractivity contribution in [3.8, 4) is 0 Å². The minimum Gasteiger partial charge on any atom is -0.441 e. The molecule has 72 valence electrons. The molecule has 2 aromatic heterocycles. The molecule has 2 aromatic rings. The molecule has 0 radical (unpaired) electrons. The third-order valence-corrected chi connectivity index (χ3v) is 2.98. The maximum atomic E-state index is 5.36. The Morgan fingerprint density at radius 2 is 2.27 bits per heavy atom. The van der Waals surface area contributed by atoms with Gasteiger partial charge >= 0.3 is 0 Å². The monoisotopic (exact) mass is 197 g/mol. The Balaban J connectivity index is 2.02. The number of fused-ring (bicyclic) bond motifs is 5. The SMILES string of the molecule is C1=CNC2(C=C1)c1cnc3ncoc3c12. The van der Waals surface area contributed by atoms with E-state index in [1.807, 2.05) is 24.5 Å². The summed E-state index contributed by atoms with van der Waals surface area (Å²) in [5, 5.41) is 3.32. The Labute approximate surface area is 85.3 Å².